The molecule has 0 bridgehead atoms. The Bertz CT molecular complexity index is 557. The van der Waals surface area contributed by atoms with Gasteiger partial charge in [0.2, 0.25) is 0 Å². The van der Waals surface area contributed by atoms with E-state index >= 15 is 0 Å². The molecule has 7 heteroatoms. The quantitative estimate of drug-likeness (QED) is 0.860. The van der Waals surface area contributed by atoms with E-state index in [1.807, 2.05) is 4.90 Å². The van der Waals surface area contributed by atoms with Gasteiger partial charge in [-0.25, -0.2) is 8.78 Å². The molecule has 1 aliphatic rings. The number of carboxylic acid groups (broad SMARTS) is 1. The molecule has 1 fully saturated rings. The number of nitrogens with zero attached hydrogens (tertiary/aromatic N) is 1. The number of carbonyl (C=O) groups is 1. The summed E-state index contributed by atoms with van der Waals surface area (Å²) in [6, 6.07) is 5.41. The van der Waals surface area contributed by atoms with Crippen molar-refractivity contribution >= 4 is 5.97 Å². The third-order valence-electron chi connectivity index (χ3n) is 4.49. The normalized spacial score (nSPS) is 21.1. The van der Waals surface area contributed by atoms with Crippen molar-refractivity contribution in [2.75, 3.05) is 27.3 Å². The Labute approximate surface area is 140 Å². The predicted molar refractivity (Wildman–Crippen MR) is 84.7 cm³/mol. The zero-order chi connectivity index (χ0) is 17.7. The average molecular weight is 343 g/mol. The van der Waals surface area contributed by atoms with E-state index in [-0.39, 0.29) is 19.4 Å². The number of hydrogen-bond donors (Lipinski definition) is 1. The second kappa shape index (κ2) is 7.79. The summed E-state index contributed by atoms with van der Waals surface area (Å²) in [5.41, 5.74) is 0.808. The molecule has 1 heterocycles. The van der Waals surface area contributed by atoms with Crippen molar-refractivity contribution in [3.8, 4) is 11.5 Å². The van der Waals surface area contributed by atoms with E-state index in [0.29, 0.717) is 24.6 Å². The molecule has 0 aliphatic carbocycles. The van der Waals surface area contributed by atoms with Crippen LogP contribution in [0.2, 0.25) is 0 Å². The Balaban J connectivity index is 2.14. The number of methoxy groups -OCH3 is 2. The third-order valence-corrected chi connectivity index (χ3v) is 4.49. The van der Waals surface area contributed by atoms with Crippen LogP contribution in [0.25, 0.3) is 0 Å². The number of rotatable bonds is 6. The molecule has 1 aliphatic heterocycles. The minimum atomic E-state index is -2.96. The summed E-state index contributed by atoms with van der Waals surface area (Å²) in [6.07, 6.45) is -0.696. The van der Waals surface area contributed by atoms with Gasteiger partial charge in [0.25, 0.3) is 5.92 Å². The Kier molecular flexibility index (Phi) is 5.99. The zero-order valence-electron chi connectivity index (χ0n) is 13.9. The van der Waals surface area contributed by atoms with E-state index < -0.39 is 24.2 Å². The zero-order valence-corrected chi connectivity index (χ0v) is 13.9. The Morgan fingerprint density at radius 3 is 2.46 bits per heavy atom. The number of hydrogen-bond acceptors (Lipinski definition) is 4. The maximum Gasteiger partial charge on any atom is 0.303 e. The minimum Gasteiger partial charge on any atom is -0.496 e. The van der Waals surface area contributed by atoms with Crippen LogP contribution in [0, 0.1) is 5.92 Å². The fourth-order valence-electron chi connectivity index (χ4n) is 3.10. The molecule has 1 N–H and O–H groups in total. The van der Waals surface area contributed by atoms with Crippen molar-refractivity contribution in [3.05, 3.63) is 23.8 Å². The lowest BCUT2D eigenvalue weighted by atomic mass is 9.93. The first-order valence-electron chi connectivity index (χ1n) is 7.89. The molecule has 0 amide bonds. The van der Waals surface area contributed by atoms with Gasteiger partial charge in [-0.2, -0.15) is 0 Å². The van der Waals surface area contributed by atoms with Crippen LogP contribution in [0.3, 0.4) is 0 Å². The van der Waals surface area contributed by atoms with Gasteiger partial charge in [-0.1, -0.05) is 6.07 Å². The highest BCUT2D eigenvalue weighted by Gasteiger charge is 2.42. The fraction of sp³-hybridized carbons (Fsp3) is 0.588. The molecule has 5 nitrogen and oxygen atoms in total. The molecule has 0 saturated carbocycles. The molecule has 0 spiro atoms. The number of ether oxygens (including phenoxy) is 2. The Morgan fingerprint density at radius 1 is 1.29 bits per heavy atom. The van der Waals surface area contributed by atoms with Gasteiger partial charge in [0.15, 0.2) is 0 Å². The van der Waals surface area contributed by atoms with Crippen LogP contribution < -0.4 is 9.47 Å². The van der Waals surface area contributed by atoms with Crippen molar-refractivity contribution < 1.29 is 28.2 Å². The molecule has 24 heavy (non-hydrogen) atoms. The van der Waals surface area contributed by atoms with Crippen LogP contribution in [0.15, 0.2) is 18.2 Å². The SMILES string of the molecule is COc1cccc(OC)c1CN1CCC(CC(=O)O)C(F)(F)CC1. The summed E-state index contributed by atoms with van der Waals surface area (Å²) in [6.45, 7) is 1.03. The van der Waals surface area contributed by atoms with Gasteiger partial charge < -0.3 is 14.6 Å². The first-order valence-corrected chi connectivity index (χ1v) is 7.89. The van der Waals surface area contributed by atoms with Gasteiger partial charge >= 0.3 is 5.97 Å². The minimum absolute atomic E-state index is 0.150. The Hall–Kier alpha value is -1.89. The third kappa shape index (κ3) is 4.35. The maximum absolute atomic E-state index is 14.2. The van der Waals surface area contributed by atoms with Crippen LogP contribution in [-0.2, 0) is 11.3 Å². The predicted octanol–water partition coefficient (Wildman–Crippen LogP) is 3.03. The highest BCUT2D eigenvalue weighted by atomic mass is 19.3. The number of aliphatic carboxylic acids is 1. The monoisotopic (exact) mass is 343 g/mol. The lowest BCUT2D eigenvalue weighted by Crippen LogP contribution is -2.30. The van der Waals surface area contributed by atoms with Crippen LogP contribution in [0.4, 0.5) is 8.78 Å². The molecule has 134 valence electrons. The first-order chi connectivity index (χ1) is 11.4. The summed E-state index contributed by atoms with van der Waals surface area (Å²) in [7, 11) is 3.11. The topological polar surface area (TPSA) is 59.0 Å². The van der Waals surface area contributed by atoms with Gasteiger partial charge in [-0.15, -0.1) is 0 Å². The molecule has 2 rings (SSSR count). The van der Waals surface area contributed by atoms with Crippen LogP contribution in [-0.4, -0.2) is 49.2 Å². The number of carboxylic acids is 1. The van der Waals surface area contributed by atoms with Crippen LogP contribution >= 0.6 is 0 Å². The molecule has 1 aromatic carbocycles. The van der Waals surface area contributed by atoms with E-state index in [4.69, 9.17) is 14.6 Å². The highest BCUT2D eigenvalue weighted by molar-refractivity contribution is 5.67. The largest absolute Gasteiger partial charge is 0.496 e. The molecule has 1 unspecified atom stereocenters. The fourth-order valence-corrected chi connectivity index (χ4v) is 3.10. The molecule has 1 saturated heterocycles. The molecule has 0 aromatic heterocycles. The summed E-state index contributed by atoms with van der Waals surface area (Å²) >= 11 is 0. The van der Waals surface area contributed by atoms with Crippen molar-refractivity contribution in [1.82, 2.24) is 4.90 Å². The number of likely N-dealkylation sites (tertiary alicyclic amines) is 1. The van der Waals surface area contributed by atoms with Crippen LogP contribution in [0.5, 0.6) is 11.5 Å². The summed E-state index contributed by atoms with van der Waals surface area (Å²) in [5.74, 6) is -3.98. The van der Waals surface area contributed by atoms with Crippen LogP contribution in [0.1, 0.15) is 24.8 Å². The number of alkyl halides is 2. The van der Waals surface area contributed by atoms with E-state index in [0.717, 1.165) is 5.56 Å². The lowest BCUT2D eigenvalue weighted by Gasteiger charge is -2.22. The van der Waals surface area contributed by atoms with E-state index in [9.17, 15) is 13.6 Å². The number of benzene rings is 1. The first kappa shape index (κ1) is 18.4. The highest BCUT2D eigenvalue weighted by Crippen LogP contribution is 2.37. The standard InChI is InChI=1S/C17H23F2NO4/c1-23-14-4-3-5-15(24-2)13(14)11-20-8-6-12(10-16(21)22)17(18,19)7-9-20/h3-5,12H,6-11H2,1-2H3,(H,21,22). The van der Waals surface area contributed by atoms with Crippen molar-refractivity contribution in [1.29, 1.82) is 0 Å². The van der Waals surface area contributed by atoms with E-state index in [1.165, 1.54) is 0 Å². The van der Waals surface area contributed by atoms with E-state index in [2.05, 4.69) is 0 Å². The number of halogens is 2. The molecule has 0 radical (unpaired) electrons. The average Bonchev–Trinajstić information content (AvgIpc) is 2.67. The van der Waals surface area contributed by atoms with Gasteiger partial charge in [0.05, 0.1) is 26.2 Å². The van der Waals surface area contributed by atoms with E-state index in [1.54, 1.807) is 32.4 Å². The van der Waals surface area contributed by atoms with Crippen molar-refractivity contribution in [2.45, 2.75) is 31.7 Å². The van der Waals surface area contributed by atoms with Crippen molar-refractivity contribution in [3.63, 3.8) is 0 Å². The second-order valence-corrected chi connectivity index (χ2v) is 6.01. The van der Waals surface area contributed by atoms with Gasteiger partial charge in [0, 0.05) is 25.4 Å². The molecule has 1 atom stereocenters. The molecular weight excluding hydrogens is 320 g/mol. The summed E-state index contributed by atoms with van der Waals surface area (Å²) in [4.78, 5) is 12.7. The maximum atomic E-state index is 14.2. The van der Waals surface area contributed by atoms with Crippen molar-refractivity contribution in [2.24, 2.45) is 5.92 Å². The van der Waals surface area contributed by atoms with Gasteiger partial charge in [-0.3, -0.25) is 9.69 Å². The Morgan fingerprint density at radius 2 is 1.92 bits per heavy atom. The van der Waals surface area contributed by atoms with Gasteiger partial charge in [0.1, 0.15) is 11.5 Å². The van der Waals surface area contributed by atoms with Gasteiger partial charge in [-0.05, 0) is 25.1 Å². The molecular formula is C17H23F2NO4. The summed E-state index contributed by atoms with van der Waals surface area (Å²) in [5, 5.41) is 8.85. The lowest BCUT2D eigenvalue weighted by molar-refractivity contribution is -0.143. The summed E-state index contributed by atoms with van der Waals surface area (Å²) < 4.78 is 39.0. The second-order valence-electron chi connectivity index (χ2n) is 6.01. The molecule has 1 aromatic rings. The smallest absolute Gasteiger partial charge is 0.303 e.